The molecule has 1 aliphatic heterocycles. The number of aliphatic carboxylic acids is 1. The molecule has 1 N–H and O–H groups in total. The molecule has 0 bridgehead atoms. The molecular formula is C12H15N5O2. The van der Waals surface area contributed by atoms with Gasteiger partial charge in [-0.05, 0) is 19.8 Å². The Labute approximate surface area is 109 Å². The van der Waals surface area contributed by atoms with Gasteiger partial charge in [0.2, 0.25) is 0 Å². The van der Waals surface area contributed by atoms with E-state index in [-0.39, 0.29) is 5.92 Å². The number of rotatable bonds is 2. The number of aryl methyl sites for hydroxylation is 1. The zero-order chi connectivity index (χ0) is 13.4. The van der Waals surface area contributed by atoms with Crippen LogP contribution in [0, 0.1) is 12.8 Å². The minimum atomic E-state index is -0.726. The van der Waals surface area contributed by atoms with Crippen LogP contribution >= 0.6 is 0 Å². The van der Waals surface area contributed by atoms with Crippen molar-refractivity contribution in [2.45, 2.75) is 19.8 Å². The zero-order valence-electron chi connectivity index (χ0n) is 10.7. The summed E-state index contributed by atoms with van der Waals surface area (Å²) in [6.45, 7) is 3.27. The largest absolute Gasteiger partial charge is 0.481 e. The lowest BCUT2D eigenvalue weighted by Gasteiger charge is -2.32. The fraction of sp³-hybridized carbons (Fsp3) is 0.500. The quantitative estimate of drug-likeness (QED) is 0.858. The number of fused-ring (bicyclic) bond motifs is 1. The van der Waals surface area contributed by atoms with Crippen molar-refractivity contribution < 1.29 is 9.90 Å². The van der Waals surface area contributed by atoms with Gasteiger partial charge < -0.3 is 10.0 Å². The molecule has 2 aromatic heterocycles. The topological polar surface area (TPSA) is 83.6 Å². The van der Waals surface area contributed by atoms with Gasteiger partial charge in [-0.3, -0.25) is 9.20 Å². The molecule has 0 amide bonds. The molecule has 1 atom stereocenters. The molecule has 7 nitrogen and oxygen atoms in total. The molecule has 100 valence electrons. The second-order valence-electron chi connectivity index (χ2n) is 4.88. The van der Waals surface area contributed by atoms with Crippen molar-refractivity contribution in [3.63, 3.8) is 0 Å². The molecule has 7 heteroatoms. The van der Waals surface area contributed by atoms with E-state index in [0.717, 1.165) is 30.9 Å². The van der Waals surface area contributed by atoms with Crippen LogP contribution in [0.1, 0.15) is 18.5 Å². The monoisotopic (exact) mass is 261 g/mol. The maximum Gasteiger partial charge on any atom is 0.308 e. The third kappa shape index (κ3) is 2.11. The van der Waals surface area contributed by atoms with E-state index in [0.29, 0.717) is 12.3 Å². The highest BCUT2D eigenvalue weighted by atomic mass is 16.4. The van der Waals surface area contributed by atoms with Gasteiger partial charge in [0.15, 0.2) is 0 Å². The van der Waals surface area contributed by atoms with Gasteiger partial charge in [0.25, 0.3) is 5.78 Å². The minimum absolute atomic E-state index is 0.311. The lowest BCUT2D eigenvalue weighted by Crippen LogP contribution is -2.39. The maximum absolute atomic E-state index is 11.1. The highest BCUT2D eigenvalue weighted by Gasteiger charge is 2.26. The summed E-state index contributed by atoms with van der Waals surface area (Å²) in [6.07, 6.45) is 3.23. The van der Waals surface area contributed by atoms with Crippen LogP contribution in [0.15, 0.2) is 12.4 Å². The van der Waals surface area contributed by atoms with Crippen molar-refractivity contribution >= 4 is 17.6 Å². The van der Waals surface area contributed by atoms with E-state index >= 15 is 0 Å². The third-order valence-corrected chi connectivity index (χ3v) is 3.49. The van der Waals surface area contributed by atoms with Crippen LogP contribution < -0.4 is 4.90 Å². The Bertz CT molecular complexity index is 624. The first-order valence-corrected chi connectivity index (χ1v) is 6.30. The molecule has 1 fully saturated rings. The zero-order valence-corrected chi connectivity index (χ0v) is 10.7. The van der Waals surface area contributed by atoms with Crippen molar-refractivity contribution in [3.05, 3.63) is 18.1 Å². The number of anilines is 1. The van der Waals surface area contributed by atoms with Crippen molar-refractivity contribution in [1.29, 1.82) is 0 Å². The average molecular weight is 261 g/mol. The van der Waals surface area contributed by atoms with Crippen molar-refractivity contribution in [1.82, 2.24) is 19.6 Å². The summed E-state index contributed by atoms with van der Waals surface area (Å²) in [4.78, 5) is 17.5. The fourth-order valence-corrected chi connectivity index (χ4v) is 2.54. The molecule has 0 radical (unpaired) electrons. The molecular weight excluding hydrogens is 246 g/mol. The second-order valence-corrected chi connectivity index (χ2v) is 4.88. The van der Waals surface area contributed by atoms with Crippen LogP contribution in [0.2, 0.25) is 0 Å². The van der Waals surface area contributed by atoms with E-state index in [1.165, 1.54) is 0 Å². The van der Waals surface area contributed by atoms with Gasteiger partial charge in [0, 0.05) is 24.8 Å². The Balaban J connectivity index is 1.99. The smallest absolute Gasteiger partial charge is 0.308 e. The third-order valence-electron chi connectivity index (χ3n) is 3.49. The summed E-state index contributed by atoms with van der Waals surface area (Å²) in [5, 5.41) is 17.0. The van der Waals surface area contributed by atoms with E-state index in [1.807, 2.05) is 13.0 Å². The van der Waals surface area contributed by atoms with Gasteiger partial charge in [0.05, 0.1) is 5.92 Å². The van der Waals surface area contributed by atoms with Crippen LogP contribution in [0.25, 0.3) is 5.78 Å². The highest BCUT2D eigenvalue weighted by molar-refractivity contribution is 5.71. The molecule has 3 rings (SSSR count). The normalized spacial score (nSPS) is 19.8. The minimum Gasteiger partial charge on any atom is -0.481 e. The molecule has 0 spiro atoms. The summed E-state index contributed by atoms with van der Waals surface area (Å²) in [6, 6.07) is 1.95. The predicted octanol–water partition coefficient (Wildman–Crippen LogP) is 0.734. The van der Waals surface area contributed by atoms with Crippen LogP contribution in [0.3, 0.4) is 0 Å². The molecule has 3 heterocycles. The number of nitrogens with zero attached hydrogens (tertiary/aromatic N) is 5. The van der Waals surface area contributed by atoms with Crippen LogP contribution in [0.4, 0.5) is 5.82 Å². The van der Waals surface area contributed by atoms with Crippen LogP contribution in [0.5, 0.6) is 0 Å². The maximum atomic E-state index is 11.1. The number of piperidine rings is 1. The molecule has 0 aliphatic carbocycles. The number of hydrogen-bond donors (Lipinski definition) is 1. The van der Waals surface area contributed by atoms with Gasteiger partial charge in [-0.25, -0.2) is 4.98 Å². The number of aromatic nitrogens is 4. The number of carboxylic acids is 1. The molecule has 0 aromatic carbocycles. The van der Waals surface area contributed by atoms with Gasteiger partial charge >= 0.3 is 5.97 Å². The van der Waals surface area contributed by atoms with Crippen molar-refractivity contribution in [3.8, 4) is 0 Å². The summed E-state index contributed by atoms with van der Waals surface area (Å²) < 4.78 is 1.80. The predicted molar refractivity (Wildman–Crippen MR) is 68.1 cm³/mol. The molecule has 1 aliphatic rings. The lowest BCUT2D eigenvalue weighted by atomic mass is 9.98. The first kappa shape index (κ1) is 11.9. The first-order chi connectivity index (χ1) is 9.15. The van der Waals surface area contributed by atoms with Crippen LogP contribution in [-0.4, -0.2) is 43.7 Å². The summed E-state index contributed by atoms with van der Waals surface area (Å²) >= 11 is 0. The standard InChI is InChI=1S/C12H15N5O2/c1-8-5-10(17-7-13-15-12(17)14-8)16-4-2-3-9(6-16)11(18)19/h5,7,9H,2-4,6H2,1H3,(H,18,19). The first-order valence-electron chi connectivity index (χ1n) is 6.30. The molecule has 1 unspecified atom stereocenters. The molecule has 19 heavy (non-hydrogen) atoms. The van der Waals surface area contributed by atoms with Gasteiger partial charge in [0.1, 0.15) is 12.1 Å². The summed E-state index contributed by atoms with van der Waals surface area (Å²) in [7, 11) is 0. The fourth-order valence-electron chi connectivity index (χ4n) is 2.54. The van der Waals surface area contributed by atoms with E-state index < -0.39 is 5.97 Å². The van der Waals surface area contributed by atoms with Crippen molar-refractivity contribution in [2.24, 2.45) is 5.92 Å². The van der Waals surface area contributed by atoms with E-state index in [9.17, 15) is 4.79 Å². The molecule has 1 saturated heterocycles. The number of carboxylic acid groups (broad SMARTS) is 1. The SMILES string of the molecule is Cc1cc(N2CCCC(C(=O)O)C2)n2cnnc2n1. The van der Waals surface area contributed by atoms with Gasteiger partial charge in [-0.15, -0.1) is 10.2 Å². The van der Waals surface area contributed by atoms with Crippen LogP contribution in [-0.2, 0) is 4.79 Å². The van der Waals surface area contributed by atoms with E-state index in [4.69, 9.17) is 5.11 Å². The Hall–Kier alpha value is -2.18. The number of hydrogen-bond acceptors (Lipinski definition) is 5. The number of carbonyl (C=O) groups is 1. The lowest BCUT2D eigenvalue weighted by molar-refractivity contribution is -0.141. The van der Waals surface area contributed by atoms with Gasteiger partial charge in [-0.2, -0.15) is 0 Å². The Kier molecular flexibility index (Phi) is 2.81. The highest BCUT2D eigenvalue weighted by Crippen LogP contribution is 2.24. The summed E-state index contributed by atoms with van der Waals surface area (Å²) in [5.74, 6) is 0.426. The van der Waals surface area contributed by atoms with Crippen molar-refractivity contribution in [2.75, 3.05) is 18.0 Å². The van der Waals surface area contributed by atoms with Gasteiger partial charge in [-0.1, -0.05) is 0 Å². The Morgan fingerprint density at radius 2 is 2.37 bits per heavy atom. The Morgan fingerprint density at radius 3 is 3.16 bits per heavy atom. The van der Waals surface area contributed by atoms with E-state index in [1.54, 1.807) is 10.7 Å². The Morgan fingerprint density at radius 1 is 1.53 bits per heavy atom. The average Bonchev–Trinajstić information content (AvgIpc) is 2.85. The molecule has 0 saturated carbocycles. The molecule has 2 aromatic rings. The summed E-state index contributed by atoms with van der Waals surface area (Å²) in [5.41, 5.74) is 0.855. The second kappa shape index (κ2) is 4.49. The van der Waals surface area contributed by atoms with E-state index in [2.05, 4.69) is 20.1 Å².